The summed E-state index contributed by atoms with van der Waals surface area (Å²) in [5.41, 5.74) is 11.9. The van der Waals surface area contributed by atoms with Gasteiger partial charge in [-0.25, -0.2) is 19.0 Å². The maximum atomic E-state index is 12.7. The minimum Gasteiger partial charge on any atom is -0.465 e. The number of carbonyl (C=O) groups excluding carboxylic acids is 2. The third kappa shape index (κ3) is 8.86. The van der Waals surface area contributed by atoms with Gasteiger partial charge in [-0.3, -0.25) is 9.36 Å². The molecule has 2 aliphatic carbocycles. The number of methoxy groups -OCH3 is 1. The Balaban J connectivity index is 0.000000164. The molecule has 2 fully saturated rings. The number of rotatable bonds is 13. The standard InChI is InChI=1S/C25H25N5O3.C24H23N5O3/c1-3-33-25(32)22-13-26-30(24(22)21-12-20(21)23-14-29(2)28-27-23)19-9-5-8-18(11-19)17-7-4-6-16(10-17)15-31;1-28-13-22(26-27-28)19-11-20(19)23-21(24(31)32-2)12-25-29(23)18-8-4-7-17(10-18)16-6-3-5-15(9-16)14-30/h4-11,13-14,20-21,31H,3,12,15H2,1-2H3;3-10,12-13,19-20,30H,11,14H2,1-2H3/t20-,21-;19-,20-/m11/s1. The number of carbonyl (C=O) groups is 2. The molecule has 16 heteroatoms. The van der Waals surface area contributed by atoms with E-state index in [0.29, 0.717) is 17.7 Å². The first-order valence-corrected chi connectivity index (χ1v) is 21.4. The van der Waals surface area contributed by atoms with Crippen molar-refractivity contribution in [2.45, 2.75) is 56.7 Å². The Morgan fingerprint density at radius 1 is 0.615 bits per heavy atom. The summed E-state index contributed by atoms with van der Waals surface area (Å²) in [5.74, 6) is -0.188. The van der Waals surface area contributed by atoms with Crippen molar-refractivity contribution in [1.82, 2.24) is 49.5 Å². The highest BCUT2D eigenvalue weighted by Crippen LogP contribution is 2.56. The van der Waals surface area contributed by atoms with Crippen LogP contribution < -0.4 is 0 Å². The number of aryl methyl sites for hydroxylation is 2. The van der Waals surface area contributed by atoms with E-state index in [9.17, 15) is 19.8 Å². The summed E-state index contributed by atoms with van der Waals surface area (Å²) in [4.78, 5) is 25.2. The van der Waals surface area contributed by atoms with Crippen molar-refractivity contribution >= 4 is 11.9 Å². The third-order valence-electron chi connectivity index (χ3n) is 11.9. The second-order valence-electron chi connectivity index (χ2n) is 16.3. The fraction of sp³-hybridized carbons (Fsp3) is 0.265. The van der Waals surface area contributed by atoms with E-state index in [4.69, 9.17) is 9.47 Å². The molecule has 4 atom stereocenters. The van der Waals surface area contributed by atoms with Gasteiger partial charge < -0.3 is 19.7 Å². The average molecular weight is 873 g/mol. The molecule has 0 spiro atoms. The lowest BCUT2D eigenvalue weighted by molar-refractivity contribution is 0.0523. The van der Waals surface area contributed by atoms with Crippen LogP contribution in [0.15, 0.2) is 122 Å². The minimum atomic E-state index is -0.400. The van der Waals surface area contributed by atoms with E-state index < -0.39 is 5.97 Å². The van der Waals surface area contributed by atoms with E-state index in [2.05, 4.69) is 30.8 Å². The van der Waals surface area contributed by atoms with Gasteiger partial charge in [0.15, 0.2) is 0 Å². The molecule has 2 N–H and O–H groups in total. The van der Waals surface area contributed by atoms with E-state index in [1.807, 2.05) is 133 Å². The van der Waals surface area contributed by atoms with Crippen LogP contribution in [0.3, 0.4) is 0 Å². The predicted octanol–water partition coefficient (Wildman–Crippen LogP) is 6.83. The predicted molar refractivity (Wildman–Crippen MR) is 239 cm³/mol. The van der Waals surface area contributed by atoms with E-state index in [1.165, 1.54) is 7.11 Å². The molecule has 2 aliphatic rings. The summed E-state index contributed by atoms with van der Waals surface area (Å²) in [6.07, 6.45) is 8.74. The van der Waals surface area contributed by atoms with Crippen molar-refractivity contribution in [2.75, 3.05) is 13.7 Å². The van der Waals surface area contributed by atoms with Gasteiger partial charge in [0.1, 0.15) is 11.1 Å². The number of hydrogen-bond acceptors (Lipinski definition) is 12. The number of aliphatic hydroxyl groups excluding tert-OH is 2. The fourth-order valence-electron chi connectivity index (χ4n) is 8.53. The molecule has 4 aromatic heterocycles. The summed E-state index contributed by atoms with van der Waals surface area (Å²) in [6, 6.07) is 31.6. The second kappa shape index (κ2) is 18.3. The lowest BCUT2D eigenvalue weighted by Crippen LogP contribution is -2.09. The fourth-order valence-corrected chi connectivity index (χ4v) is 8.53. The van der Waals surface area contributed by atoms with Crippen LogP contribution in [-0.4, -0.2) is 85.4 Å². The number of aromatic nitrogens is 10. The molecule has 8 aromatic rings. The van der Waals surface area contributed by atoms with Crippen LogP contribution in [0.1, 0.15) is 98.1 Å². The number of esters is 2. The molecule has 65 heavy (non-hydrogen) atoms. The minimum absolute atomic E-state index is 0.00875. The maximum absolute atomic E-state index is 12.7. The molecular weight excluding hydrogens is 825 g/mol. The molecule has 2 saturated carbocycles. The van der Waals surface area contributed by atoms with Crippen molar-refractivity contribution < 1.29 is 29.3 Å². The van der Waals surface area contributed by atoms with Gasteiger partial charge in [0.05, 0.1) is 73.5 Å². The molecule has 4 aromatic carbocycles. The third-order valence-corrected chi connectivity index (χ3v) is 11.9. The Hall–Kier alpha value is -7.56. The molecule has 330 valence electrons. The number of benzene rings is 4. The van der Waals surface area contributed by atoms with Gasteiger partial charge in [-0.05, 0) is 89.5 Å². The van der Waals surface area contributed by atoms with E-state index in [1.54, 1.807) is 28.7 Å². The summed E-state index contributed by atoms with van der Waals surface area (Å²) < 4.78 is 17.4. The number of hydrogen-bond donors (Lipinski definition) is 2. The molecule has 0 bridgehead atoms. The highest BCUT2D eigenvalue weighted by molar-refractivity contribution is 5.91. The zero-order valence-corrected chi connectivity index (χ0v) is 36.4. The zero-order valence-electron chi connectivity index (χ0n) is 36.4. The second-order valence-corrected chi connectivity index (χ2v) is 16.3. The van der Waals surface area contributed by atoms with E-state index in [0.717, 1.165) is 80.4 Å². The smallest absolute Gasteiger partial charge is 0.341 e. The topological polar surface area (TPSA) is 190 Å². The molecule has 0 saturated heterocycles. The summed E-state index contributed by atoms with van der Waals surface area (Å²) in [7, 11) is 5.07. The van der Waals surface area contributed by atoms with Crippen LogP contribution in [0, 0.1) is 0 Å². The molecule has 0 radical (unpaired) electrons. The van der Waals surface area contributed by atoms with Crippen molar-refractivity contribution in [3.8, 4) is 33.6 Å². The normalized spacial score (nSPS) is 17.3. The van der Waals surface area contributed by atoms with Gasteiger partial charge in [-0.2, -0.15) is 10.2 Å². The SMILES string of the molecule is CCOC(=O)c1cnn(-c2cccc(-c3cccc(CO)c3)c2)c1[C@@H]1C[C@H]1c1cn(C)nn1.COC(=O)c1cnn(-c2cccc(-c3cccc(CO)c3)c2)c1[C@@H]1C[C@H]1c1cn(C)nn1. The quantitative estimate of drug-likeness (QED) is 0.115. The molecule has 0 amide bonds. The number of aliphatic hydroxyl groups is 2. The molecule has 4 heterocycles. The van der Waals surface area contributed by atoms with Gasteiger partial charge in [0.25, 0.3) is 0 Å². The number of nitrogens with zero attached hydrogens (tertiary/aromatic N) is 10. The molecule has 0 aliphatic heterocycles. The van der Waals surface area contributed by atoms with Crippen LogP contribution in [0.25, 0.3) is 33.6 Å². The van der Waals surface area contributed by atoms with Crippen LogP contribution in [0.2, 0.25) is 0 Å². The van der Waals surface area contributed by atoms with Gasteiger partial charge in [-0.1, -0.05) is 71.1 Å². The lowest BCUT2D eigenvalue weighted by atomic mass is 10.0. The maximum Gasteiger partial charge on any atom is 0.341 e. The molecule has 16 nitrogen and oxygen atoms in total. The lowest BCUT2D eigenvalue weighted by Gasteiger charge is -2.11. The molecule has 10 rings (SSSR count). The summed E-state index contributed by atoms with van der Waals surface area (Å²) >= 11 is 0. The van der Waals surface area contributed by atoms with Gasteiger partial charge in [0, 0.05) is 50.2 Å². The Kier molecular flexibility index (Phi) is 12.0. The van der Waals surface area contributed by atoms with Crippen LogP contribution >= 0.6 is 0 Å². The largest absolute Gasteiger partial charge is 0.465 e. The van der Waals surface area contributed by atoms with Crippen LogP contribution in [0.4, 0.5) is 0 Å². The van der Waals surface area contributed by atoms with Crippen molar-refractivity contribution in [2.24, 2.45) is 14.1 Å². The molecular formula is C49H48N10O6. The van der Waals surface area contributed by atoms with Gasteiger partial charge in [0.2, 0.25) is 0 Å². The van der Waals surface area contributed by atoms with Crippen molar-refractivity contribution in [3.05, 3.63) is 167 Å². The Bertz CT molecular complexity index is 3000. The average Bonchev–Trinajstić information content (AvgIpc) is 4.00. The Morgan fingerprint density at radius 2 is 1.05 bits per heavy atom. The first-order chi connectivity index (χ1) is 31.7. The van der Waals surface area contributed by atoms with E-state index in [-0.39, 0.29) is 42.9 Å². The van der Waals surface area contributed by atoms with Crippen molar-refractivity contribution in [1.29, 1.82) is 0 Å². The zero-order chi connectivity index (χ0) is 45.2. The highest BCUT2D eigenvalue weighted by atomic mass is 16.5. The Labute approximate surface area is 374 Å². The van der Waals surface area contributed by atoms with Gasteiger partial charge >= 0.3 is 11.9 Å². The van der Waals surface area contributed by atoms with Crippen LogP contribution in [0.5, 0.6) is 0 Å². The highest BCUT2D eigenvalue weighted by Gasteiger charge is 2.47. The first-order valence-electron chi connectivity index (χ1n) is 21.4. The van der Waals surface area contributed by atoms with E-state index >= 15 is 0 Å². The molecule has 0 unspecified atom stereocenters. The number of ether oxygens (including phenoxy) is 2. The summed E-state index contributed by atoms with van der Waals surface area (Å²) in [6.45, 7) is 2.08. The monoisotopic (exact) mass is 872 g/mol. The summed E-state index contributed by atoms with van der Waals surface area (Å²) in [5, 5.41) is 44.7. The van der Waals surface area contributed by atoms with Crippen LogP contribution in [-0.2, 0) is 36.8 Å². The van der Waals surface area contributed by atoms with Gasteiger partial charge in [-0.15, -0.1) is 10.2 Å². The first kappa shape index (κ1) is 42.7. The van der Waals surface area contributed by atoms with Crippen molar-refractivity contribution in [3.63, 3.8) is 0 Å². The Morgan fingerprint density at radius 3 is 1.45 bits per heavy atom.